The largest absolute Gasteiger partial charge is 0.481 e. The van der Waals surface area contributed by atoms with Gasteiger partial charge in [0.15, 0.2) is 0 Å². The van der Waals surface area contributed by atoms with Gasteiger partial charge >= 0.3 is 5.97 Å². The summed E-state index contributed by atoms with van der Waals surface area (Å²) in [5.74, 6) is -2.53. The summed E-state index contributed by atoms with van der Waals surface area (Å²) in [6.45, 7) is 1.84. The van der Waals surface area contributed by atoms with Crippen LogP contribution in [0, 0.1) is 5.92 Å². The third-order valence-electron chi connectivity index (χ3n) is 2.06. The van der Waals surface area contributed by atoms with Crippen LogP contribution in [0.1, 0.15) is 11.8 Å². The van der Waals surface area contributed by atoms with Crippen LogP contribution in [-0.2, 0) is 16.0 Å². The molecule has 0 saturated heterocycles. The highest BCUT2D eigenvalue weighted by Crippen LogP contribution is 2.19. The molecule has 1 unspecified atom stereocenters. The Bertz CT molecular complexity index is 391. The molecule has 2 N–H and O–H groups in total. The maximum absolute atomic E-state index is 11.3. The fraction of sp³-hybridized carbons (Fsp3) is 0.400. The van der Waals surface area contributed by atoms with Crippen molar-refractivity contribution in [1.82, 2.24) is 5.32 Å². The number of rotatable bonds is 5. The number of halogens is 1. The SMILES string of the molecule is CC(C(=O)O)C(=O)NCCc1cc(Br)cs1. The van der Waals surface area contributed by atoms with E-state index in [1.807, 2.05) is 11.4 Å². The molecule has 4 nitrogen and oxygen atoms in total. The van der Waals surface area contributed by atoms with Crippen molar-refractivity contribution in [1.29, 1.82) is 0 Å². The molecule has 0 aliphatic rings. The predicted molar refractivity (Wildman–Crippen MR) is 65.5 cm³/mol. The quantitative estimate of drug-likeness (QED) is 0.816. The number of thiophene rings is 1. The fourth-order valence-electron chi connectivity index (χ4n) is 1.06. The van der Waals surface area contributed by atoms with Gasteiger partial charge in [-0.3, -0.25) is 9.59 Å². The van der Waals surface area contributed by atoms with Gasteiger partial charge in [0, 0.05) is 21.3 Å². The molecule has 0 aliphatic heterocycles. The monoisotopic (exact) mass is 305 g/mol. The molecule has 1 rings (SSSR count). The van der Waals surface area contributed by atoms with Crippen molar-refractivity contribution in [3.63, 3.8) is 0 Å². The molecule has 0 radical (unpaired) electrons. The van der Waals surface area contributed by atoms with Crippen LogP contribution in [0.25, 0.3) is 0 Å². The molecule has 1 aromatic rings. The Kier molecular flexibility index (Phi) is 4.95. The minimum absolute atomic E-state index is 0.442. The number of carbonyl (C=O) groups is 2. The molecule has 0 spiro atoms. The molecule has 0 aromatic carbocycles. The molecule has 16 heavy (non-hydrogen) atoms. The summed E-state index contributed by atoms with van der Waals surface area (Å²) in [7, 11) is 0. The number of hydrogen-bond donors (Lipinski definition) is 2. The molecule has 1 aromatic heterocycles. The van der Waals surface area contributed by atoms with Crippen molar-refractivity contribution in [2.75, 3.05) is 6.54 Å². The van der Waals surface area contributed by atoms with E-state index in [1.165, 1.54) is 6.92 Å². The Morgan fingerprint density at radius 1 is 1.62 bits per heavy atom. The molecule has 0 bridgehead atoms. The van der Waals surface area contributed by atoms with Gasteiger partial charge in [0.05, 0.1) is 0 Å². The molecule has 6 heteroatoms. The summed E-state index contributed by atoms with van der Waals surface area (Å²) in [5, 5.41) is 13.2. The van der Waals surface area contributed by atoms with Crippen LogP contribution in [0.4, 0.5) is 0 Å². The topological polar surface area (TPSA) is 66.4 Å². The highest BCUT2D eigenvalue weighted by atomic mass is 79.9. The normalized spacial score (nSPS) is 12.1. The highest BCUT2D eigenvalue weighted by molar-refractivity contribution is 9.10. The Labute approximate surface area is 106 Å². The Morgan fingerprint density at radius 2 is 2.31 bits per heavy atom. The second-order valence-corrected chi connectivity index (χ2v) is 5.24. The number of carboxylic acids is 1. The fourth-order valence-corrected chi connectivity index (χ4v) is 2.51. The lowest BCUT2D eigenvalue weighted by molar-refractivity contribution is -0.146. The van der Waals surface area contributed by atoms with Gasteiger partial charge in [0.1, 0.15) is 5.92 Å². The molecule has 1 heterocycles. The van der Waals surface area contributed by atoms with E-state index >= 15 is 0 Å². The molecule has 0 fully saturated rings. The van der Waals surface area contributed by atoms with Crippen molar-refractivity contribution in [3.8, 4) is 0 Å². The van der Waals surface area contributed by atoms with Crippen LogP contribution in [0.5, 0.6) is 0 Å². The Hall–Kier alpha value is -0.880. The standard InChI is InChI=1S/C10H12BrNO3S/c1-6(10(14)15)9(13)12-3-2-8-4-7(11)5-16-8/h4-6H,2-3H2,1H3,(H,12,13)(H,14,15). The van der Waals surface area contributed by atoms with E-state index in [4.69, 9.17) is 5.11 Å². The average Bonchev–Trinajstić information content (AvgIpc) is 2.62. The molecule has 0 saturated carbocycles. The average molecular weight is 306 g/mol. The van der Waals surface area contributed by atoms with Crippen molar-refractivity contribution in [3.05, 3.63) is 20.8 Å². The second kappa shape index (κ2) is 6.00. The number of carboxylic acid groups (broad SMARTS) is 1. The maximum Gasteiger partial charge on any atom is 0.315 e. The van der Waals surface area contributed by atoms with Gasteiger partial charge in [0.2, 0.25) is 5.91 Å². The number of aliphatic carboxylic acids is 1. The first-order chi connectivity index (χ1) is 7.50. The van der Waals surface area contributed by atoms with Gasteiger partial charge in [0.25, 0.3) is 0 Å². The summed E-state index contributed by atoms with van der Waals surface area (Å²) in [6, 6.07) is 1.98. The van der Waals surface area contributed by atoms with Crippen molar-refractivity contribution in [2.45, 2.75) is 13.3 Å². The summed E-state index contributed by atoms with van der Waals surface area (Å²) in [6.07, 6.45) is 0.717. The molecule has 88 valence electrons. The summed E-state index contributed by atoms with van der Waals surface area (Å²) < 4.78 is 1.03. The minimum Gasteiger partial charge on any atom is -0.481 e. The van der Waals surface area contributed by atoms with Crippen molar-refractivity contribution in [2.24, 2.45) is 5.92 Å². The number of hydrogen-bond acceptors (Lipinski definition) is 3. The van der Waals surface area contributed by atoms with Gasteiger partial charge < -0.3 is 10.4 Å². The van der Waals surface area contributed by atoms with E-state index < -0.39 is 17.8 Å². The van der Waals surface area contributed by atoms with Crippen LogP contribution in [-0.4, -0.2) is 23.5 Å². The highest BCUT2D eigenvalue weighted by Gasteiger charge is 2.19. The zero-order chi connectivity index (χ0) is 12.1. The van der Waals surface area contributed by atoms with Gasteiger partial charge in [-0.1, -0.05) is 0 Å². The minimum atomic E-state index is -1.10. The number of nitrogens with one attached hydrogen (secondary N) is 1. The molecule has 1 amide bonds. The van der Waals surface area contributed by atoms with E-state index in [0.717, 1.165) is 9.35 Å². The summed E-state index contributed by atoms with van der Waals surface area (Å²) in [4.78, 5) is 22.9. The summed E-state index contributed by atoms with van der Waals surface area (Å²) in [5.41, 5.74) is 0. The van der Waals surface area contributed by atoms with Gasteiger partial charge in [-0.2, -0.15) is 0 Å². The number of carbonyl (C=O) groups excluding carboxylic acids is 1. The first-order valence-corrected chi connectivity index (χ1v) is 6.41. The smallest absolute Gasteiger partial charge is 0.315 e. The lowest BCUT2D eigenvalue weighted by Crippen LogP contribution is -2.34. The second-order valence-electron chi connectivity index (χ2n) is 3.33. The molecular weight excluding hydrogens is 294 g/mol. The van der Waals surface area contributed by atoms with Crippen LogP contribution < -0.4 is 5.32 Å². The van der Waals surface area contributed by atoms with Gasteiger partial charge in [-0.15, -0.1) is 11.3 Å². The molecule has 0 aliphatic carbocycles. The van der Waals surface area contributed by atoms with E-state index in [9.17, 15) is 9.59 Å². The van der Waals surface area contributed by atoms with Crippen LogP contribution in [0.15, 0.2) is 15.9 Å². The summed E-state index contributed by atoms with van der Waals surface area (Å²) >= 11 is 4.94. The van der Waals surface area contributed by atoms with Gasteiger partial charge in [-0.25, -0.2) is 0 Å². The van der Waals surface area contributed by atoms with E-state index in [-0.39, 0.29) is 0 Å². The zero-order valence-electron chi connectivity index (χ0n) is 8.70. The van der Waals surface area contributed by atoms with Crippen molar-refractivity contribution >= 4 is 39.1 Å². The van der Waals surface area contributed by atoms with Crippen LogP contribution >= 0.6 is 27.3 Å². The third-order valence-corrected chi connectivity index (χ3v) is 3.81. The maximum atomic E-state index is 11.3. The van der Waals surface area contributed by atoms with Gasteiger partial charge in [-0.05, 0) is 35.3 Å². The molecule has 1 atom stereocenters. The number of amides is 1. The molecular formula is C10H12BrNO3S. The Balaban J connectivity index is 2.30. The first kappa shape index (κ1) is 13.2. The van der Waals surface area contributed by atoms with Crippen LogP contribution in [0.3, 0.4) is 0 Å². The van der Waals surface area contributed by atoms with E-state index in [0.29, 0.717) is 13.0 Å². The Morgan fingerprint density at radius 3 is 2.81 bits per heavy atom. The lowest BCUT2D eigenvalue weighted by Gasteiger charge is -2.07. The van der Waals surface area contributed by atoms with Crippen LogP contribution in [0.2, 0.25) is 0 Å². The third kappa shape index (κ3) is 3.94. The van der Waals surface area contributed by atoms with E-state index in [1.54, 1.807) is 11.3 Å². The predicted octanol–water partition coefficient (Wildman–Crippen LogP) is 1.89. The van der Waals surface area contributed by atoms with E-state index in [2.05, 4.69) is 21.2 Å². The first-order valence-electron chi connectivity index (χ1n) is 4.74. The lowest BCUT2D eigenvalue weighted by atomic mass is 10.1. The zero-order valence-corrected chi connectivity index (χ0v) is 11.1. The van der Waals surface area contributed by atoms with Crippen molar-refractivity contribution < 1.29 is 14.7 Å².